The second-order valence-corrected chi connectivity index (χ2v) is 7.68. The molecule has 0 aliphatic carbocycles. The van der Waals surface area contributed by atoms with Gasteiger partial charge < -0.3 is 20.1 Å². The minimum Gasteiger partial charge on any atom is -0.396 e. The van der Waals surface area contributed by atoms with Crippen LogP contribution in [0.3, 0.4) is 0 Å². The maximum absolute atomic E-state index is 12.7. The minimum atomic E-state index is -4.39. The first-order valence-corrected chi connectivity index (χ1v) is 10.2. The maximum atomic E-state index is 12.7. The van der Waals surface area contributed by atoms with E-state index in [1.165, 1.54) is 12.1 Å². The van der Waals surface area contributed by atoms with Crippen LogP contribution in [0.25, 0.3) is 0 Å². The largest absolute Gasteiger partial charge is 0.416 e. The Hall–Kier alpha value is -3.09. The number of carbonyl (C=O) groups is 1. The second kappa shape index (κ2) is 10.5. The zero-order chi connectivity index (χ0) is 23.1. The molecule has 0 saturated carbocycles. The van der Waals surface area contributed by atoms with Crippen molar-refractivity contribution in [2.75, 3.05) is 32.8 Å². The SMILES string of the molecule is N#Cc1cccc(C2CN(C(=O)NCC(CO)Cc3ccc(C(F)(F)F)cc3)CCO2)c1. The molecule has 2 atom stereocenters. The van der Waals surface area contributed by atoms with Crippen molar-refractivity contribution in [2.45, 2.75) is 18.7 Å². The van der Waals surface area contributed by atoms with Gasteiger partial charge in [0.2, 0.25) is 0 Å². The number of hydrogen-bond donors (Lipinski definition) is 2. The summed E-state index contributed by atoms with van der Waals surface area (Å²) in [6, 6.07) is 13.6. The Morgan fingerprint density at radius 2 is 2.03 bits per heavy atom. The number of nitrogens with one attached hydrogen (secondary N) is 1. The molecule has 3 rings (SSSR count). The molecule has 32 heavy (non-hydrogen) atoms. The van der Waals surface area contributed by atoms with Gasteiger partial charge in [0.15, 0.2) is 0 Å². The number of morpholine rings is 1. The van der Waals surface area contributed by atoms with Gasteiger partial charge in [0, 0.05) is 25.6 Å². The van der Waals surface area contributed by atoms with Gasteiger partial charge in [-0.3, -0.25) is 0 Å². The van der Waals surface area contributed by atoms with Gasteiger partial charge in [0.1, 0.15) is 6.10 Å². The summed E-state index contributed by atoms with van der Waals surface area (Å²) < 4.78 is 43.8. The van der Waals surface area contributed by atoms with Gasteiger partial charge in [-0.25, -0.2) is 4.79 Å². The molecule has 2 amide bonds. The highest BCUT2D eigenvalue weighted by Crippen LogP contribution is 2.29. The van der Waals surface area contributed by atoms with E-state index in [0.717, 1.165) is 17.7 Å². The molecule has 6 nitrogen and oxygen atoms in total. The molecule has 2 aromatic rings. The van der Waals surface area contributed by atoms with E-state index in [-0.39, 0.29) is 31.2 Å². The van der Waals surface area contributed by atoms with Crippen LogP contribution in [-0.4, -0.2) is 48.9 Å². The summed E-state index contributed by atoms with van der Waals surface area (Å²) in [7, 11) is 0. The summed E-state index contributed by atoms with van der Waals surface area (Å²) in [5.41, 5.74) is 1.26. The first-order valence-electron chi connectivity index (χ1n) is 10.2. The molecule has 9 heteroatoms. The van der Waals surface area contributed by atoms with E-state index < -0.39 is 11.7 Å². The molecule has 1 aliphatic heterocycles. The highest BCUT2D eigenvalue weighted by Gasteiger charge is 2.30. The topological polar surface area (TPSA) is 85.6 Å². The van der Waals surface area contributed by atoms with Gasteiger partial charge in [0.25, 0.3) is 0 Å². The van der Waals surface area contributed by atoms with Crippen molar-refractivity contribution in [3.05, 3.63) is 70.8 Å². The van der Waals surface area contributed by atoms with E-state index in [4.69, 9.17) is 10.00 Å². The summed E-state index contributed by atoms with van der Waals surface area (Å²) in [4.78, 5) is 14.2. The third kappa shape index (κ3) is 6.22. The fraction of sp³-hybridized carbons (Fsp3) is 0.391. The van der Waals surface area contributed by atoms with Crippen LogP contribution in [0, 0.1) is 17.2 Å². The van der Waals surface area contributed by atoms with Crippen molar-refractivity contribution in [3.63, 3.8) is 0 Å². The predicted molar refractivity (Wildman–Crippen MR) is 111 cm³/mol. The molecule has 0 bridgehead atoms. The van der Waals surface area contributed by atoms with Gasteiger partial charge in [-0.1, -0.05) is 24.3 Å². The van der Waals surface area contributed by atoms with E-state index in [2.05, 4.69) is 11.4 Å². The van der Waals surface area contributed by atoms with Gasteiger partial charge in [0.05, 0.1) is 30.3 Å². The number of nitriles is 1. The van der Waals surface area contributed by atoms with Gasteiger partial charge in [-0.15, -0.1) is 0 Å². The number of aliphatic hydroxyl groups is 1. The Kier molecular flexibility index (Phi) is 7.72. The molecule has 1 saturated heterocycles. The number of ether oxygens (including phenoxy) is 1. The quantitative estimate of drug-likeness (QED) is 0.710. The molecule has 0 spiro atoms. The van der Waals surface area contributed by atoms with Gasteiger partial charge in [-0.2, -0.15) is 18.4 Å². The van der Waals surface area contributed by atoms with Crippen molar-refractivity contribution < 1.29 is 27.8 Å². The van der Waals surface area contributed by atoms with Crippen LogP contribution in [0.2, 0.25) is 0 Å². The highest BCUT2D eigenvalue weighted by atomic mass is 19.4. The Balaban J connectivity index is 1.53. The summed E-state index contributed by atoms with van der Waals surface area (Å²) >= 11 is 0. The van der Waals surface area contributed by atoms with Crippen molar-refractivity contribution in [2.24, 2.45) is 5.92 Å². The lowest BCUT2D eigenvalue weighted by Gasteiger charge is -2.33. The van der Waals surface area contributed by atoms with Crippen LogP contribution >= 0.6 is 0 Å². The zero-order valence-corrected chi connectivity index (χ0v) is 17.3. The van der Waals surface area contributed by atoms with Crippen molar-refractivity contribution >= 4 is 6.03 Å². The number of carbonyl (C=O) groups excluding carboxylic acids is 1. The molecule has 170 valence electrons. The van der Waals surface area contributed by atoms with Gasteiger partial charge in [-0.05, 0) is 41.8 Å². The number of nitrogens with zero attached hydrogens (tertiary/aromatic N) is 2. The number of hydrogen-bond acceptors (Lipinski definition) is 4. The lowest BCUT2D eigenvalue weighted by molar-refractivity contribution is -0.137. The van der Waals surface area contributed by atoms with E-state index >= 15 is 0 Å². The standard InChI is InChI=1S/C23H24F3N3O3/c24-23(25,26)20-6-4-16(5-7-20)10-18(15-30)13-28-22(31)29-8-9-32-21(14-29)19-3-1-2-17(11-19)12-27/h1-7,11,18,21,30H,8-10,13-15H2,(H,28,31). The van der Waals surface area contributed by atoms with E-state index in [1.807, 2.05) is 6.07 Å². The molecule has 2 unspecified atom stereocenters. The summed E-state index contributed by atoms with van der Waals surface area (Å²) in [6.45, 7) is 1.05. The predicted octanol–water partition coefficient (Wildman–Crippen LogP) is 3.51. The number of urea groups is 1. The first-order chi connectivity index (χ1) is 15.3. The third-order valence-electron chi connectivity index (χ3n) is 5.35. The van der Waals surface area contributed by atoms with Crippen LogP contribution in [0.4, 0.5) is 18.0 Å². The maximum Gasteiger partial charge on any atom is 0.416 e. The fourth-order valence-electron chi connectivity index (χ4n) is 3.55. The zero-order valence-electron chi connectivity index (χ0n) is 17.3. The van der Waals surface area contributed by atoms with E-state index in [1.54, 1.807) is 23.1 Å². The van der Waals surface area contributed by atoms with Crippen molar-refractivity contribution in [1.29, 1.82) is 5.26 Å². The number of benzene rings is 2. The lowest BCUT2D eigenvalue weighted by atomic mass is 9.99. The highest BCUT2D eigenvalue weighted by molar-refractivity contribution is 5.74. The van der Waals surface area contributed by atoms with Crippen LogP contribution in [0.1, 0.15) is 28.4 Å². The van der Waals surface area contributed by atoms with Crippen LogP contribution in [-0.2, 0) is 17.3 Å². The number of rotatable bonds is 6. The van der Waals surface area contributed by atoms with Crippen LogP contribution in [0.5, 0.6) is 0 Å². The Morgan fingerprint density at radius 3 is 2.69 bits per heavy atom. The molecule has 2 N–H and O–H groups in total. The van der Waals surface area contributed by atoms with Crippen molar-refractivity contribution in [3.8, 4) is 6.07 Å². The summed E-state index contributed by atoms with van der Waals surface area (Å²) in [5.74, 6) is -0.333. The molecule has 0 aromatic heterocycles. The normalized spacial score (nSPS) is 17.5. The molecule has 1 fully saturated rings. The van der Waals surface area contributed by atoms with E-state index in [9.17, 15) is 23.1 Å². The number of halogens is 3. The van der Waals surface area contributed by atoms with Gasteiger partial charge >= 0.3 is 12.2 Å². The smallest absolute Gasteiger partial charge is 0.396 e. The van der Waals surface area contributed by atoms with E-state index in [0.29, 0.717) is 37.2 Å². The number of aliphatic hydroxyl groups excluding tert-OH is 1. The third-order valence-corrected chi connectivity index (χ3v) is 5.35. The average molecular weight is 447 g/mol. The molecule has 2 aromatic carbocycles. The molecular formula is C23H24F3N3O3. The molecule has 1 heterocycles. The van der Waals surface area contributed by atoms with Crippen molar-refractivity contribution in [1.82, 2.24) is 10.2 Å². The summed E-state index contributed by atoms with van der Waals surface area (Å²) in [6.07, 6.45) is -4.40. The second-order valence-electron chi connectivity index (χ2n) is 7.68. The fourth-order valence-corrected chi connectivity index (χ4v) is 3.55. The molecule has 0 radical (unpaired) electrons. The molecule has 1 aliphatic rings. The first kappa shape index (κ1) is 23.6. The van der Waals surface area contributed by atoms with Crippen LogP contribution in [0.15, 0.2) is 48.5 Å². The average Bonchev–Trinajstić information content (AvgIpc) is 2.81. The number of amides is 2. The molecular weight excluding hydrogens is 423 g/mol. The monoisotopic (exact) mass is 447 g/mol. The summed E-state index contributed by atoms with van der Waals surface area (Å²) in [5, 5.41) is 21.5. The Bertz CT molecular complexity index is 957. The lowest BCUT2D eigenvalue weighted by Crippen LogP contribution is -2.48. The minimum absolute atomic E-state index is 0.183. The Labute approximate surface area is 184 Å². The Morgan fingerprint density at radius 1 is 1.28 bits per heavy atom. The van der Waals surface area contributed by atoms with Crippen LogP contribution < -0.4 is 5.32 Å². The number of alkyl halides is 3.